The molecule has 2 N–H and O–H groups in total. The van der Waals surface area contributed by atoms with Gasteiger partial charge >= 0.3 is 0 Å². The molecule has 5 nitrogen and oxygen atoms in total. The third-order valence-corrected chi connectivity index (χ3v) is 5.09. The van der Waals surface area contributed by atoms with Crippen LogP contribution in [0.2, 0.25) is 5.02 Å². The van der Waals surface area contributed by atoms with Crippen LogP contribution in [0.3, 0.4) is 0 Å². The topological polar surface area (TPSA) is 69.6 Å². The molecule has 1 aliphatic heterocycles. The highest BCUT2D eigenvalue weighted by atomic mass is 35.5. The van der Waals surface area contributed by atoms with Crippen LogP contribution in [0.15, 0.2) is 24.3 Å². The summed E-state index contributed by atoms with van der Waals surface area (Å²) in [5.74, 6) is -0.889. The second kappa shape index (κ2) is 6.13. The normalized spacial score (nSPS) is 23.7. The van der Waals surface area contributed by atoms with Crippen molar-refractivity contribution in [2.75, 3.05) is 18.1 Å². The lowest BCUT2D eigenvalue weighted by Gasteiger charge is -2.30. The molecule has 2 fully saturated rings. The van der Waals surface area contributed by atoms with Crippen molar-refractivity contribution >= 4 is 29.1 Å². The zero-order valence-electron chi connectivity index (χ0n) is 13.1. The summed E-state index contributed by atoms with van der Waals surface area (Å²) >= 11 is 5.97. The molecule has 0 radical (unpaired) electrons. The number of amides is 2. The molecule has 1 saturated carbocycles. The summed E-state index contributed by atoms with van der Waals surface area (Å²) in [5, 5.41) is 13.0. The van der Waals surface area contributed by atoms with Crippen molar-refractivity contribution in [3.8, 4) is 0 Å². The van der Waals surface area contributed by atoms with Crippen molar-refractivity contribution in [3.63, 3.8) is 0 Å². The molecule has 1 aromatic rings. The molecule has 2 amide bonds. The Labute approximate surface area is 140 Å². The van der Waals surface area contributed by atoms with Crippen molar-refractivity contribution in [3.05, 3.63) is 29.3 Å². The Bertz CT molecular complexity index is 632. The number of aliphatic hydroxyl groups excluding tert-OH is 1. The van der Waals surface area contributed by atoms with Gasteiger partial charge in [-0.3, -0.25) is 9.59 Å². The van der Waals surface area contributed by atoms with Crippen LogP contribution in [0.1, 0.15) is 26.2 Å². The van der Waals surface area contributed by atoms with E-state index >= 15 is 0 Å². The van der Waals surface area contributed by atoms with Gasteiger partial charge in [0.05, 0.1) is 12.1 Å². The van der Waals surface area contributed by atoms with Gasteiger partial charge in [0.2, 0.25) is 11.8 Å². The van der Waals surface area contributed by atoms with Crippen LogP contribution in [0, 0.1) is 11.8 Å². The van der Waals surface area contributed by atoms with E-state index in [2.05, 4.69) is 5.32 Å². The Morgan fingerprint density at radius 3 is 2.78 bits per heavy atom. The van der Waals surface area contributed by atoms with E-state index in [0.29, 0.717) is 29.6 Å². The third kappa shape index (κ3) is 3.21. The van der Waals surface area contributed by atoms with E-state index in [1.165, 1.54) is 0 Å². The van der Waals surface area contributed by atoms with Crippen LogP contribution in [0.5, 0.6) is 0 Å². The van der Waals surface area contributed by atoms with Crippen LogP contribution >= 0.6 is 11.6 Å². The highest BCUT2D eigenvalue weighted by Gasteiger charge is 2.45. The first-order chi connectivity index (χ1) is 10.9. The summed E-state index contributed by atoms with van der Waals surface area (Å²) in [4.78, 5) is 26.7. The van der Waals surface area contributed by atoms with Crippen molar-refractivity contribution in [2.24, 2.45) is 11.8 Å². The second-order valence-corrected chi connectivity index (χ2v) is 7.09. The molecule has 2 aliphatic rings. The fourth-order valence-corrected chi connectivity index (χ4v) is 3.37. The van der Waals surface area contributed by atoms with E-state index in [9.17, 15) is 14.7 Å². The number of carbonyl (C=O) groups excluding carboxylic acids is 2. The minimum Gasteiger partial charge on any atom is -0.394 e. The van der Waals surface area contributed by atoms with E-state index in [-0.39, 0.29) is 18.4 Å². The molecule has 124 valence electrons. The number of aliphatic hydroxyl groups is 1. The minimum absolute atomic E-state index is 0.109. The third-order valence-electron chi connectivity index (χ3n) is 4.86. The number of benzene rings is 1. The van der Waals surface area contributed by atoms with E-state index in [4.69, 9.17) is 11.6 Å². The van der Waals surface area contributed by atoms with Gasteiger partial charge in [-0.15, -0.1) is 0 Å². The summed E-state index contributed by atoms with van der Waals surface area (Å²) in [6.45, 7) is 2.23. The number of rotatable bonds is 5. The zero-order chi connectivity index (χ0) is 16.6. The molecule has 0 bridgehead atoms. The van der Waals surface area contributed by atoms with E-state index in [1.807, 2.05) is 13.0 Å². The Morgan fingerprint density at radius 1 is 1.43 bits per heavy atom. The first-order valence-electron chi connectivity index (χ1n) is 7.94. The van der Waals surface area contributed by atoms with Crippen LogP contribution in [0.4, 0.5) is 5.69 Å². The Balaban J connectivity index is 1.70. The molecule has 0 aromatic heterocycles. The molecule has 6 heteroatoms. The summed E-state index contributed by atoms with van der Waals surface area (Å²) in [5.41, 5.74) is 0.0887. The average molecular weight is 337 g/mol. The molecule has 23 heavy (non-hydrogen) atoms. The number of halogens is 1. The van der Waals surface area contributed by atoms with Gasteiger partial charge in [-0.25, -0.2) is 0 Å². The Morgan fingerprint density at radius 2 is 2.17 bits per heavy atom. The molecule has 1 heterocycles. The van der Waals surface area contributed by atoms with Gasteiger partial charge in [0.15, 0.2) is 0 Å². The fourth-order valence-electron chi connectivity index (χ4n) is 3.18. The summed E-state index contributed by atoms with van der Waals surface area (Å²) in [6.07, 6.45) is 2.48. The van der Waals surface area contributed by atoms with Crippen LogP contribution in [-0.2, 0) is 9.59 Å². The van der Waals surface area contributed by atoms with Crippen molar-refractivity contribution in [1.82, 2.24) is 5.32 Å². The molecule has 1 saturated heterocycles. The molecule has 2 unspecified atom stereocenters. The zero-order valence-corrected chi connectivity index (χ0v) is 13.8. The molecular weight excluding hydrogens is 316 g/mol. The average Bonchev–Trinajstić information content (AvgIpc) is 3.30. The van der Waals surface area contributed by atoms with Gasteiger partial charge in [0.25, 0.3) is 0 Å². The number of hydrogen-bond donors (Lipinski definition) is 2. The minimum atomic E-state index is -0.696. The SMILES string of the molecule is CC(CO)(NC(=O)C1CCN(c2cccc(Cl)c2)C1=O)C1CC1. The maximum Gasteiger partial charge on any atom is 0.239 e. The fraction of sp³-hybridized carbons (Fsp3) is 0.529. The van der Waals surface area contributed by atoms with E-state index < -0.39 is 11.5 Å². The Hall–Kier alpha value is -1.59. The van der Waals surface area contributed by atoms with Crippen molar-refractivity contribution in [2.45, 2.75) is 31.7 Å². The summed E-state index contributed by atoms with van der Waals surface area (Å²) in [7, 11) is 0. The monoisotopic (exact) mass is 336 g/mol. The largest absolute Gasteiger partial charge is 0.394 e. The van der Waals surface area contributed by atoms with Gasteiger partial charge in [-0.2, -0.15) is 0 Å². The van der Waals surface area contributed by atoms with Gasteiger partial charge in [0.1, 0.15) is 5.92 Å². The lowest BCUT2D eigenvalue weighted by Crippen LogP contribution is -2.53. The predicted octanol–water partition coefficient (Wildman–Crippen LogP) is 1.97. The Kier molecular flexibility index (Phi) is 4.34. The molecule has 1 aliphatic carbocycles. The van der Waals surface area contributed by atoms with Gasteiger partial charge in [-0.05, 0) is 50.3 Å². The summed E-state index contributed by atoms with van der Waals surface area (Å²) < 4.78 is 0. The standard InChI is InChI=1S/C17H21ClN2O3/c1-17(10-21,11-5-6-11)19-15(22)14-7-8-20(16(14)23)13-4-2-3-12(18)9-13/h2-4,9,11,14,21H,5-8,10H2,1H3,(H,19,22). The molecule has 3 rings (SSSR count). The highest BCUT2D eigenvalue weighted by molar-refractivity contribution is 6.31. The van der Waals surface area contributed by atoms with Crippen molar-refractivity contribution < 1.29 is 14.7 Å². The number of nitrogens with one attached hydrogen (secondary N) is 1. The smallest absolute Gasteiger partial charge is 0.239 e. The number of nitrogens with zero attached hydrogens (tertiary/aromatic N) is 1. The number of anilines is 1. The van der Waals surface area contributed by atoms with Crippen LogP contribution in [-0.4, -0.2) is 35.6 Å². The first kappa shape index (κ1) is 16.3. The van der Waals surface area contributed by atoms with Gasteiger partial charge in [-0.1, -0.05) is 17.7 Å². The van der Waals surface area contributed by atoms with Crippen LogP contribution in [0.25, 0.3) is 0 Å². The summed E-state index contributed by atoms with van der Waals surface area (Å²) in [6, 6.07) is 7.07. The molecule has 2 atom stereocenters. The maximum atomic E-state index is 12.6. The van der Waals surface area contributed by atoms with Gasteiger partial charge in [0, 0.05) is 17.3 Å². The lowest BCUT2D eigenvalue weighted by molar-refractivity contribution is -0.133. The molecule has 0 spiro atoms. The quantitative estimate of drug-likeness (QED) is 0.808. The predicted molar refractivity (Wildman–Crippen MR) is 88.3 cm³/mol. The van der Waals surface area contributed by atoms with Crippen LogP contribution < -0.4 is 10.2 Å². The number of carbonyl (C=O) groups is 2. The van der Waals surface area contributed by atoms with Gasteiger partial charge < -0.3 is 15.3 Å². The molecular formula is C17H21ClN2O3. The second-order valence-electron chi connectivity index (χ2n) is 6.65. The van der Waals surface area contributed by atoms with E-state index in [1.54, 1.807) is 23.1 Å². The maximum absolute atomic E-state index is 12.6. The molecule has 1 aromatic carbocycles. The first-order valence-corrected chi connectivity index (χ1v) is 8.32. The lowest BCUT2D eigenvalue weighted by atomic mass is 9.95. The van der Waals surface area contributed by atoms with Crippen molar-refractivity contribution in [1.29, 1.82) is 0 Å². The number of hydrogen-bond acceptors (Lipinski definition) is 3. The highest BCUT2D eigenvalue weighted by Crippen LogP contribution is 2.39. The van der Waals surface area contributed by atoms with E-state index in [0.717, 1.165) is 12.8 Å².